The molecule has 0 aliphatic rings. The Morgan fingerprint density at radius 2 is 1.24 bits per heavy atom. The zero-order chi connectivity index (χ0) is 25.1. The summed E-state index contributed by atoms with van der Waals surface area (Å²) in [7, 11) is -7.87. The first-order chi connectivity index (χ1) is 15.9. The first kappa shape index (κ1) is 25.8. The summed E-state index contributed by atoms with van der Waals surface area (Å²) in [6.45, 7) is 10.0. The molecule has 0 spiro atoms. The highest BCUT2D eigenvalue weighted by Crippen LogP contribution is 2.34. The molecule has 0 heterocycles. The van der Waals surface area contributed by atoms with Gasteiger partial charge in [-0.3, -0.25) is 9.03 Å². The Labute approximate surface area is 203 Å². The number of benzene rings is 3. The van der Waals surface area contributed by atoms with Crippen molar-refractivity contribution in [2.24, 2.45) is 11.8 Å². The van der Waals surface area contributed by atoms with Crippen molar-refractivity contribution in [1.82, 2.24) is 0 Å². The van der Waals surface area contributed by atoms with Crippen molar-refractivity contribution in [3.63, 3.8) is 0 Å². The van der Waals surface area contributed by atoms with Crippen LogP contribution in [0.1, 0.15) is 31.9 Å². The van der Waals surface area contributed by atoms with E-state index >= 15 is 0 Å². The fourth-order valence-corrected chi connectivity index (χ4v) is 5.99. The smallest absolute Gasteiger partial charge is 0.264 e. The maximum atomic E-state index is 13.8. The van der Waals surface area contributed by atoms with Gasteiger partial charge in [0.05, 0.1) is 21.2 Å². The summed E-state index contributed by atoms with van der Waals surface area (Å²) in [5.41, 5.74) is 2.38. The molecular weight excluding hydrogens is 468 g/mol. The van der Waals surface area contributed by atoms with Gasteiger partial charge in [0.25, 0.3) is 20.0 Å². The van der Waals surface area contributed by atoms with Crippen LogP contribution in [0.5, 0.6) is 0 Å². The number of aryl methyl sites for hydroxylation is 2. The second-order valence-corrected chi connectivity index (χ2v) is 12.6. The Hall–Kier alpha value is -2.84. The molecule has 6 nitrogen and oxygen atoms in total. The molecule has 0 saturated heterocycles. The van der Waals surface area contributed by atoms with Crippen LogP contribution >= 0.6 is 0 Å². The zero-order valence-corrected chi connectivity index (χ0v) is 21.8. The van der Waals surface area contributed by atoms with Gasteiger partial charge in [0.15, 0.2) is 0 Å². The average Bonchev–Trinajstić information content (AvgIpc) is 2.78. The van der Waals surface area contributed by atoms with Crippen molar-refractivity contribution >= 4 is 31.4 Å². The molecule has 0 saturated carbocycles. The number of nitrogens with zero attached hydrogens (tertiary/aromatic N) is 1. The van der Waals surface area contributed by atoms with Crippen molar-refractivity contribution in [3.8, 4) is 0 Å². The highest BCUT2D eigenvalue weighted by atomic mass is 32.2. The van der Waals surface area contributed by atoms with E-state index in [-0.39, 0.29) is 39.5 Å². The molecule has 0 fully saturated rings. The van der Waals surface area contributed by atoms with E-state index < -0.39 is 20.0 Å². The predicted octanol–water partition coefficient (Wildman–Crippen LogP) is 5.59. The minimum absolute atomic E-state index is 0.0296. The standard InChI is InChI=1S/C26H32N2O4S2/c1-19(2)22(5)18-28(34(31,32)24-16-12-21(4)13-17-24)26-9-7-6-8-25(26)27-33(29,30)23-14-10-20(3)11-15-23/h6-17,19,22,27H,18H2,1-5H3. The molecule has 0 aliphatic carbocycles. The Kier molecular flexibility index (Phi) is 7.73. The van der Waals surface area contributed by atoms with Crippen molar-refractivity contribution < 1.29 is 16.8 Å². The Bertz CT molecular complexity index is 1330. The number of sulfonamides is 2. The quantitative estimate of drug-likeness (QED) is 0.415. The van der Waals surface area contributed by atoms with Crippen LogP contribution in [0.2, 0.25) is 0 Å². The van der Waals surface area contributed by atoms with Crippen LogP contribution in [0.3, 0.4) is 0 Å². The maximum Gasteiger partial charge on any atom is 0.264 e. The second-order valence-electron chi connectivity index (χ2n) is 9.01. The molecular formula is C26H32N2O4S2. The van der Waals surface area contributed by atoms with E-state index in [1.807, 2.05) is 34.6 Å². The summed E-state index contributed by atoms with van der Waals surface area (Å²) in [6.07, 6.45) is 0. The lowest BCUT2D eigenvalue weighted by Gasteiger charge is -2.30. The summed E-state index contributed by atoms with van der Waals surface area (Å²) in [5, 5.41) is 0. The summed E-state index contributed by atoms with van der Waals surface area (Å²) in [5.74, 6) is 0.258. The predicted molar refractivity (Wildman–Crippen MR) is 138 cm³/mol. The van der Waals surface area contributed by atoms with E-state index in [2.05, 4.69) is 4.72 Å². The topological polar surface area (TPSA) is 83.6 Å². The molecule has 1 atom stereocenters. The van der Waals surface area contributed by atoms with Crippen molar-refractivity contribution in [2.45, 2.75) is 44.4 Å². The summed E-state index contributed by atoms with van der Waals surface area (Å²) in [4.78, 5) is 0.265. The number of nitrogens with one attached hydrogen (secondary N) is 1. The van der Waals surface area contributed by atoms with Crippen LogP contribution in [-0.4, -0.2) is 23.4 Å². The highest BCUT2D eigenvalue weighted by molar-refractivity contribution is 7.93. The minimum atomic E-state index is -3.95. The number of hydrogen-bond donors (Lipinski definition) is 1. The van der Waals surface area contributed by atoms with Crippen molar-refractivity contribution in [3.05, 3.63) is 83.9 Å². The molecule has 8 heteroatoms. The van der Waals surface area contributed by atoms with Crippen LogP contribution < -0.4 is 9.03 Å². The molecule has 3 aromatic carbocycles. The Morgan fingerprint density at radius 1 is 0.735 bits per heavy atom. The van der Waals surface area contributed by atoms with Gasteiger partial charge in [-0.25, -0.2) is 16.8 Å². The molecule has 0 amide bonds. The summed E-state index contributed by atoms with van der Waals surface area (Å²) < 4.78 is 57.7. The van der Waals surface area contributed by atoms with Gasteiger partial charge in [0, 0.05) is 6.54 Å². The average molecular weight is 501 g/mol. The third kappa shape index (κ3) is 5.80. The van der Waals surface area contributed by atoms with Gasteiger partial charge in [-0.05, 0) is 62.1 Å². The summed E-state index contributed by atoms with van der Waals surface area (Å²) >= 11 is 0. The first-order valence-electron chi connectivity index (χ1n) is 11.2. The molecule has 34 heavy (non-hydrogen) atoms. The van der Waals surface area contributed by atoms with Crippen LogP contribution in [0.25, 0.3) is 0 Å². The van der Waals surface area contributed by atoms with E-state index in [4.69, 9.17) is 0 Å². The van der Waals surface area contributed by atoms with Gasteiger partial charge in [0.1, 0.15) is 0 Å². The lowest BCUT2D eigenvalue weighted by atomic mass is 9.98. The Morgan fingerprint density at radius 3 is 1.76 bits per heavy atom. The molecule has 1 unspecified atom stereocenters. The lowest BCUT2D eigenvalue weighted by molar-refractivity contribution is 0.428. The third-order valence-electron chi connectivity index (χ3n) is 5.95. The normalized spacial score (nSPS) is 13.0. The molecule has 0 radical (unpaired) electrons. The fourth-order valence-electron chi connectivity index (χ4n) is 3.33. The first-order valence-corrected chi connectivity index (χ1v) is 14.1. The number of hydrogen-bond acceptors (Lipinski definition) is 4. The van der Waals surface area contributed by atoms with Gasteiger partial charge >= 0.3 is 0 Å². The van der Waals surface area contributed by atoms with Gasteiger partial charge in [-0.2, -0.15) is 0 Å². The molecule has 0 aliphatic heterocycles. The second kappa shape index (κ2) is 10.2. The number of anilines is 2. The molecule has 3 aromatic rings. The van der Waals surface area contributed by atoms with E-state index in [1.54, 1.807) is 60.7 Å². The molecule has 182 valence electrons. The van der Waals surface area contributed by atoms with Gasteiger partial charge in [-0.15, -0.1) is 0 Å². The van der Waals surface area contributed by atoms with Crippen LogP contribution in [0, 0.1) is 25.7 Å². The monoisotopic (exact) mass is 500 g/mol. The zero-order valence-electron chi connectivity index (χ0n) is 20.2. The van der Waals surface area contributed by atoms with Gasteiger partial charge in [-0.1, -0.05) is 68.3 Å². The largest absolute Gasteiger partial charge is 0.277 e. The molecule has 3 rings (SSSR count). The van der Waals surface area contributed by atoms with Crippen LogP contribution in [0.4, 0.5) is 11.4 Å². The minimum Gasteiger partial charge on any atom is -0.277 e. The van der Waals surface area contributed by atoms with E-state index in [0.717, 1.165) is 11.1 Å². The SMILES string of the molecule is Cc1ccc(S(=O)(=O)Nc2ccccc2N(CC(C)C(C)C)S(=O)(=O)c2ccc(C)cc2)cc1. The fraction of sp³-hybridized carbons (Fsp3) is 0.308. The van der Waals surface area contributed by atoms with Crippen LogP contribution in [0.15, 0.2) is 82.6 Å². The highest BCUT2D eigenvalue weighted by Gasteiger charge is 2.30. The third-order valence-corrected chi connectivity index (χ3v) is 9.12. The molecule has 0 bridgehead atoms. The van der Waals surface area contributed by atoms with E-state index in [0.29, 0.717) is 0 Å². The van der Waals surface area contributed by atoms with Gasteiger partial charge < -0.3 is 0 Å². The maximum absolute atomic E-state index is 13.8. The Balaban J connectivity index is 2.10. The molecule has 1 N–H and O–H groups in total. The van der Waals surface area contributed by atoms with Gasteiger partial charge in [0.2, 0.25) is 0 Å². The lowest BCUT2D eigenvalue weighted by Crippen LogP contribution is -2.36. The summed E-state index contributed by atoms with van der Waals surface area (Å²) in [6, 6.07) is 19.8. The van der Waals surface area contributed by atoms with E-state index in [1.165, 1.54) is 16.4 Å². The number of para-hydroxylation sites is 2. The van der Waals surface area contributed by atoms with E-state index in [9.17, 15) is 16.8 Å². The number of rotatable bonds is 9. The van der Waals surface area contributed by atoms with Crippen LogP contribution in [-0.2, 0) is 20.0 Å². The van der Waals surface area contributed by atoms with Crippen molar-refractivity contribution in [2.75, 3.05) is 15.6 Å². The van der Waals surface area contributed by atoms with Crippen molar-refractivity contribution in [1.29, 1.82) is 0 Å². The molecule has 0 aromatic heterocycles.